The average Bonchev–Trinajstić information content (AvgIpc) is 2.95. The molecule has 19 heavy (non-hydrogen) atoms. The van der Waals surface area contributed by atoms with Gasteiger partial charge in [-0.25, -0.2) is 0 Å². The topological polar surface area (TPSA) is 71.2 Å². The van der Waals surface area contributed by atoms with Crippen LogP contribution in [0.5, 0.6) is 0 Å². The van der Waals surface area contributed by atoms with Crippen molar-refractivity contribution in [2.45, 2.75) is 6.42 Å². The highest BCUT2D eigenvalue weighted by molar-refractivity contribution is 6.02. The summed E-state index contributed by atoms with van der Waals surface area (Å²) < 4.78 is 4.59. The second-order valence-corrected chi connectivity index (χ2v) is 3.99. The summed E-state index contributed by atoms with van der Waals surface area (Å²) >= 11 is 0. The van der Waals surface area contributed by atoms with Crippen molar-refractivity contribution >= 4 is 17.6 Å². The van der Waals surface area contributed by atoms with Gasteiger partial charge in [0.05, 0.1) is 13.5 Å². The Hall–Kier alpha value is -2.56. The third-order valence-corrected chi connectivity index (χ3v) is 2.63. The van der Waals surface area contributed by atoms with E-state index in [2.05, 4.69) is 15.0 Å². The van der Waals surface area contributed by atoms with Gasteiger partial charge >= 0.3 is 5.97 Å². The van der Waals surface area contributed by atoms with Crippen LogP contribution in [-0.4, -0.2) is 24.0 Å². The normalized spacial score (nSPS) is 9.95. The molecule has 0 fully saturated rings. The number of esters is 1. The molecule has 0 atom stereocenters. The van der Waals surface area contributed by atoms with Crippen LogP contribution in [0, 0.1) is 0 Å². The number of nitrogens with one attached hydrogen (secondary N) is 2. The van der Waals surface area contributed by atoms with Gasteiger partial charge in [-0.3, -0.25) is 9.59 Å². The Labute approximate surface area is 110 Å². The molecule has 0 aliphatic heterocycles. The van der Waals surface area contributed by atoms with Crippen LogP contribution in [0.25, 0.3) is 0 Å². The van der Waals surface area contributed by atoms with Crippen molar-refractivity contribution in [3.8, 4) is 0 Å². The van der Waals surface area contributed by atoms with Crippen molar-refractivity contribution in [1.82, 2.24) is 4.98 Å². The number of hydrogen-bond donors (Lipinski definition) is 2. The first-order valence-electron chi connectivity index (χ1n) is 5.79. The van der Waals surface area contributed by atoms with Crippen molar-refractivity contribution in [3.05, 3.63) is 53.9 Å². The summed E-state index contributed by atoms with van der Waals surface area (Å²) in [6.07, 6.45) is 1.91. The third-order valence-electron chi connectivity index (χ3n) is 2.63. The fourth-order valence-electron chi connectivity index (χ4n) is 1.61. The van der Waals surface area contributed by atoms with Crippen LogP contribution in [-0.2, 0) is 16.0 Å². The zero-order valence-corrected chi connectivity index (χ0v) is 10.5. The molecule has 0 bridgehead atoms. The standard InChI is InChI=1S/C14H14N2O3/c1-19-13(17)9-10-4-6-11(7-5-10)16-14(18)12-3-2-8-15-12/h2-8,15H,9H2,1H3,(H,16,18). The highest BCUT2D eigenvalue weighted by Gasteiger charge is 2.07. The lowest BCUT2D eigenvalue weighted by atomic mass is 10.1. The number of hydrogen-bond acceptors (Lipinski definition) is 3. The minimum absolute atomic E-state index is 0.203. The van der Waals surface area contributed by atoms with Crippen LogP contribution in [0.15, 0.2) is 42.6 Å². The molecule has 1 aromatic heterocycles. The zero-order valence-electron chi connectivity index (χ0n) is 10.5. The summed E-state index contributed by atoms with van der Waals surface area (Å²) in [5.41, 5.74) is 2.01. The lowest BCUT2D eigenvalue weighted by Gasteiger charge is -2.05. The van der Waals surface area contributed by atoms with Crippen molar-refractivity contribution in [1.29, 1.82) is 0 Å². The second-order valence-electron chi connectivity index (χ2n) is 3.99. The van der Waals surface area contributed by atoms with Gasteiger partial charge in [0.2, 0.25) is 0 Å². The van der Waals surface area contributed by atoms with E-state index in [0.29, 0.717) is 11.4 Å². The highest BCUT2D eigenvalue weighted by Crippen LogP contribution is 2.11. The number of carbonyl (C=O) groups is 2. The Morgan fingerprint density at radius 2 is 1.95 bits per heavy atom. The van der Waals surface area contributed by atoms with E-state index in [1.54, 1.807) is 42.6 Å². The Bertz CT molecular complexity index is 559. The van der Waals surface area contributed by atoms with Crippen LogP contribution in [0.2, 0.25) is 0 Å². The molecule has 5 nitrogen and oxygen atoms in total. The first kappa shape index (κ1) is 12.9. The van der Waals surface area contributed by atoms with Gasteiger partial charge in [0.1, 0.15) is 5.69 Å². The molecular formula is C14H14N2O3. The lowest BCUT2D eigenvalue weighted by Crippen LogP contribution is -2.12. The Morgan fingerprint density at radius 1 is 1.21 bits per heavy atom. The number of anilines is 1. The fourth-order valence-corrected chi connectivity index (χ4v) is 1.61. The molecule has 0 spiro atoms. The number of methoxy groups -OCH3 is 1. The summed E-state index contributed by atoms with van der Waals surface area (Å²) in [7, 11) is 1.35. The number of aromatic nitrogens is 1. The largest absolute Gasteiger partial charge is 0.469 e. The number of aromatic amines is 1. The molecule has 0 aliphatic rings. The van der Waals surface area contributed by atoms with Crippen LogP contribution in [0.1, 0.15) is 16.1 Å². The van der Waals surface area contributed by atoms with Gasteiger partial charge in [0, 0.05) is 11.9 Å². The molecule has 0 saturated carbocycles. The van der Waals surface area contributed by atoms with Crippen LogP contribution in [0.3, 0.4) is 0 Å². The van der Waals surface area contributed by atoms with E-state index < -0.39 is 0 Å². The Balaban J connectivity index is 1.99. The van der Waals surface area contributed by atoms with Crippen molar-refractivity contribution in [2.24, 2.45) is 0 Å². The minimum atomic E-state index is -0.289. The highest BCUT2D eigenvalue weighted by atomic mass is 16.5. The summed E-state index contributed by atoms with van der Waals surface area (Å²) in [5, 5.41) is 2.75. The van der Waals surface area contributed by atoms with Crippen LogP contribution in [0.4, 0.5) is 5.69 Å². The average molecular weight is 258 g/mol. The molecule has 2 N–H and O–H groups in total. The maximum Gasteiger partial charge on any atom is 0.309 e. The quantitative estimate of drug-likeness (QED) is 0.824. The van der Waals surface area contributed by atoms with Gasteiger partial charge in [-0.2, -0.15) is 0 Å². The third kappa shape index (κ3) is 3.45. The van der Waals surface area contributed by atoms with Crippen molar-refractivity contribution < 1.29 is 14.3 Å². The summed E-state index contributed by atoms with van der Waals surface area (Å²) in [5.74, 6) is -0.492. The van der Waals surface area contributed by atoms with Crippen LogP contribution >= 0.6 is 0 Å². The molecule has 2 rings (SSSR count). The van der Waals surface area contributed by atoms with Gasteiger partial charge < -0.3 is 15.0 Å². The van der Waals surface area contributed by atoms with Gasteiger partial charge in [0.25, 0.3) is 5.91 Å². The molecule has 98 valence electrons. The number of ether oxygens (including phenoxy) is 1. The Kier molecular flexibility index (Phi) is 3.97. The summed E-state index contributed by atoms with van der Waals surface area (Å²) in [4.78, 5) is 25.7. The monoisotopic (exact) mass is 258 g/mol. The molecule has 5 heteroatoms. The second kappa shape index (κ2) is 5.86. The summed E-state index contributed by atoms with van der Waals surface area (Å²) in [6.45, 7) is 0. The van der Waals surface area contributed by atoms with E-state index in [-0.39, 0.29) is 18.3 Å². The molecule has 0 unspecified atom stereocenters. The van der Waals surface area contributed by atoms with Gasteiger partial charge in [0.15, 0.2) is 0 Å². The molecule has 2 aromatic rings. The molecule has 0 radical (unpaired) electrons. The maximum atomic E-state index is 11.8. The van der Waals surface area contributed by atoms with E-state index in [4.69, 9.17) is 0 Å². The number of rotatable bonds is 4. The number of carbonyl (C=O) groups excluding carboxylic acids is 2. The van der Waals surface area contributed by atoms with Gasteiger partial charge in [-0.1, -0.05) is 12.1 Å². The zero-order chi connectivity index (χ0) is 13.7. The van der Waals surface area contributed by atoms with E-state index in [1.807, 2.05) is 0 Å². The number of benzene rings is 1. The van der Waals surface area contributed by atoms with E-state index in [9.17, 15) is 9.59 Å². The van der Waals surface area contributed by atoms with E-state index in [0.717, 1.165) is 5.56 Å². The lowest BCUT2D eigenvalue weighted by molar-refractivity contribution is -0.139. The van der Waals surface area contributed by atoms with Crippen molar-refractivity contribution in [2.75, 3.05) is 12.4 Å². The van der Waals surface area contributed by atoms with Gasteiger partial charge in [-0.15, -0.1) is 0 Å². The molecule has 0 aliphatic carbocycles. The predicted octanol–water partition coefficient (Wildman–Crippen LogP) is 1.98. The SMILES string of the molecule is COC(=O)Cc1ccc(NC(=O)c2ccc[nH]2)cc1. The molecule has 1 amide bonds. The van der Waals surface area contributed by atoms with Gasteiger partial charge in [-0.05, 0) is 29.8 Å². The first-order chi connectivity index (χ1) is 9.19. The first-order valence-corrected chi connectivity index (χ1v) is 5.79. The molecule has 0 saturated heterocycles. The van der Waals surface area contributed by atoms with E-state index in [1.165, 1.54) is 7.11 Å². The minimum Gasteiger partial charge on any atom is -0.469 e. The predicted molar refractivity (Wildman–Crippen MR) is 70.9 cm³/mol. The number of H-pyrrole nitrogens is 1. The molecule has 1 heterocycles. The van der Waals surface area contributed by atoms with Crippen molar-refractivity contribution in [3.63, 3.8) is 0 Å². The molecular weight excluding hydrogens is 244 g/mol. The molecule has 1 aromatic carbocycles. The Morgan fingerprint density at radius 3 is 2.53 bits per heavy atom. The smallest absolute Gasteiger partial charge is 0.309 e. The number of amides is 1. The van der Waals surface area contributed by atoms with E-state index >= 15 is 0 Å². The fraction of sp³-hybridized carbons (Fsp3) is 0.143. The summed E-state index contributed by atoms with van der Waals surface area (Å²) in [6, 6.07) is 10.5. The van der Waals surface area contributed by atoms with Crippen LogP contribution < -0.4 is 5.32 Å². The maximum absolute atomic E-state index is 11.8.